The molecule has 0 bridgehead atoms. The van der Waals surface area contributed by atoms with Crippen molar-refractivity contribution in [2.45, 2.75) is 17.6 Å². The molecule has 0 aromatic heterocycles. The number of carbonyl (C=O) groups is 1. The van der Waals surface area contributed by atoms with Crippen molar-refractivity contribution in [3.05, 3.63) is 0 Å². The highest BCUT2D eigenvalue weighted by atomic mass is 32.1. The number of nitrogens with two attached hydrogens (primary N) is 1. The summed E-state index contributed by atoms with van der Waals surface area (Å²) in [6.45, 7) is 2.40. The highest BCUT2D eigenvalue weighted by molar-refractivity contribution is 7.82. The van der Waals surface area contributed by atoms with Gasteiger partial charge in [-0.1, -0.05) is 0 Å². The van der Waals surface area contributed by atoms with Crippen LogP contribution in [0.5, 0.6) is 0 Å². The standard InChI is InChI=1S/C8H16N2O2S/c9-7(12)8(13)1-3-10(4-2-8)5-6-11/h11,13H,1-6H2,(H2,9,12). The van der Waals surface area contributed by atoms with Crippen LogP contribution in [-0.2, 0) is 4.79 Å². The molecule has 1 heterocycles. The van der Waals surface area contributed by atoms with Crippen LogP contribution in [0.2, 0.25) is 0 Å². The van der Waals surface area contributed by atoms with Crippen molar-refractivity contribution in [3.8, 4) is 0 Å². The number of thiol groups is 1. The highest BCUT2D eigenvalue weighted by Crippen LogP contribution is 2.27. The van der Waals surface area contributed by atoms with Crippen LogP contribution in [0.25, 0.3) is 0 Å². The minimum Gasteiger partial charge on any atom is -0.395 e. The summed E-state index contributed by atoms with van der Waals surface area (Å²) in [4.78, 5) is 13.1. The van der Waals surface area contributed by atoms with E-state index >= 15 is 0 Å². The Bertz CT molecular complexity index is 191. The average molecular weight is 204 g/mol. The van der Waals surface area contributed by atoms with Crippen molar-refractivity contribution >= 4 is 18.5 Å². The summed E-state index contributed by atoms with van der Waals surface area (Å²) in [5, 5.41) is 8.71. The maximum atomic E-state index is 11.0. The van der Waals surface area contributed by atoms with Crippen molar-refractivity contribution in [1.82, 2.24) is 4.90 Å². The molecule has 1 rings (SSSR count). The van der Waals surface area contributed by atoms with Crippen LogP contribution >= 0.6 is 12.6 Å². The van der Waals surface area contributed by atoms with Gasteiger partial charge in [-0.25, -0.2) is 0 Å². The SMILES string of the molecule is NC(=O)C1(S)CCN(CCO)CC1. The molecule has 1 amide bonds. The number of rotatable bonds is 3. The molecule has 0 atom stereocenters. The first-order valence-corrected chi connectivity index (χ1v) is 4.89. The monoisotopic (exact) mass is 204 g/mol. The first-order chi connectivity index (χ1) is 6.08. The number of likely N-dealkylation sites (tertiary alicyclic amines) is 1. The summed E-state index contributed by atoms with van der Waals surface area (Å²) in [5.74, 6) is -0.334. The molecule has 1 aliphatic heterocycles. The Morgan fingerprint density at radius 3 is 2.46 bits per heavy atom. The zero-order valence-corrected chi connectivity index (χ0v) is 8.46. The number of hydrogen-bond acceptors (Lipinski definition) is 4. The largest absolute Gasteiger partial charge is 0.395 e. The van der Waals surface area contributed by atoms with Gasteiger partial charge in [0.05, 0.1) is 11.4 Å². The Balaban J connectivity index is 2.42. The van der Waals surface area contributed by atoms with Gasteiger partial charge in [0.15, 0.2) is 0 Å². The van der Waals surface area contributed by atoms with Crippen LogP contribution in [0.1, 0.15) is 12.8 Å². The number of amides is 1. The van der Waals surface area contributed by atoms with E-state index in [1.807, 2.05) is 0 Å². The van der Waals surface area contributed by atoms with Crippen molar-refractivity contribution in [2.24, 2.45) is 5.73 Å². The second-order valence-electron chi connectivity index (χ2n) is 3.46. The quantitative estimate of drug-likeness (QED) is 0.529. The fourth-order valence-corrected chi connectivity index (χ4v) is 1.73. The molecular formula is C8H16N2O2S. The normalized spacial score (nSPS) is 22.9. The van der Waals surface area contributed by atoms with E-state index in [0.717, 1.165) is 13.1 Å². The molecule has 3 N–H and O–H groups in total. The van der Waals surface area contributed by atoms with Gasteiger partial charge in [0.1, 0.15) is 0 Å². The second-order valence-corrected chi connectivity index (χ2v) is 4.32. The Morgan fingerprint density at radius 1 is 1.54 bits per heavy atom. The molecule has 0 aromatic carbocycles. The second kappa shape index (κ2) is 4.30. The lowest BCUT2D eigenvalue weighted by Crippen LogP contribution is -2.49. The molecule has 1 aliphatic rings. The Morgan fingerprint density at radius 2 is 2.08 bits per heavy atom. The van der Waals surface area contributed by atoms with E-state index in [1.54, 1.807) is 0 Å². The van der Waals surface area contributed by atoms with Crippen LogP contribution in [-0.4, -0.2) is 46.9 Å². The average Bonchev–Trinajstić information content (AvgIpc) is 2.09. The lowest BCUT2D eigenvalue weighted by Gasteiger charge is -2.36. The van der Waals surface area contributed by atoms with Crippen LogP contribution in [0.15, 0.2) is 0 Å². The number of piperidine rings is 1. The summed E-state index contributed by atoms with van der Waals surface area (Å²) < 4.78 is -0.633. The third kappa shape index (κ3) is 2.59. The van der Waals surface area contributed by atoms with Gasteiger partial charge in [0.25, 0.3) is 0 Å². The molecule has 0 unspecified atom stereocenters. The molecule has 0 radical (unpaired) electrons. The van der Waals surface area contributed by atoms with Gasteiger partial charge in [-0.05, 0) is 12.8 Å². The van der Waals surface area contributed by atoms with E-state index in [9.17, 15) is 4.79 Å². The summed E-state index contributed by atoms with van der Waals surface area (Å²) in [6, 6.07) is 0. The Labute approximate surface area is 83.5 Å². The fraction of sp³-hybridized carbons (Fsp3) is 0.875. The van der Waals surface area contributed by atoms with Crippen molar-refractivity contribution < 1.29 is 9.90 Å². The van der Waals surface area contributed by atoms with E-state index in [0.29, 0.717) is 19.4 Å². The van der Waals surface area contributed by atoms with Gasteiger partial charge in [0, 0.05) is 19.6 Å². The predicted molar refractivity (Wildman–Crippen MR) is 53.7 cm³/mol. The minimum atomic E-state index is -0.633. The molecule has 0 saturated carbocycles. The van der Waals surface area contributed by atoms with Gasteiger partial charge in [-0.3, -0.25) is 4.79 Å². The number of nitrogens with zero attached hydrogens (tertiary/aromatic N) is 1. The summed E-state index contributed by atoms with van der Waals surface area (Å²) >= 11 is 4.29. The summed E-state index contributed by atoms with van der Waals surface area (Å²) in [6.07, 6.45) is 1.34. The fourth-order valence-electron chi connectivity index (χ4n) is 1.53. The molecule has 0 spiro atoms. The number of β-amino-alcohol motifs (C(OH)–C–C–N with tert-alkyl or cyclic N) is 1. The van der Waals surface area contributed by atoms with Crippen LogP contribution in [0.4, 0.5) is 0 Å². The van der Waals surface area contributed by atoms with Crippen LogP contribution in [0.3, 0.4) is 0 Å². The number of aliphatic hydroxyl groups is 1. The van der Waals surface area contributed by atoms with Gasteiger partial charge in [0.2, 0.25) is 5.91 Å². The van der Waals surface area contributed by atoms with E-state index in [-0.39, 0.29) is 12.5 Å². The smallest absolute Gasteiger partial charge is 0.233 e. The molecule has 1 saturated heterocycles. The van der Waals surface area contributed by atoms with Crippen molar-refractivity contribution in [2.75, 3.05) is 26.2 Å². The van der Waals surface area contributed by atoms with Gasteiger partial charge in [-0.2, -0.15) is 12.6 Å². The molecule has 76 valence electrons. The lowest BCUT2D eigenvalue weighted by atomic mass is 9.95. The third-order valence-electron chi connectivity index (χ3n) is 2.56. The molecular weight excluding hydrogens is 188 g/mol. The molecule has 1 fully saturated rings. The lowest BCUT2D eigenvalue weighted by molar-refractivity contribution is -0.121. The molecule has 4 nitrogen and oxygen atoms in total. The van der Waals surface area contributed by atoms with Gasteiger partial charge >= 0.3 is 0 Å². The highest BCUT2D eigenvalue weighted by Gasteiger charge is 2.35. The molecule has 0 aliphatic carbocycles. The molecule has 5 heteroatoms. The van der Waals surface area contributed by atoms with Crippen molar-refractivity contribution in [1.29, 1.82) is 0 Å². The maximum absolute atomic E-state index is 11.0. The number of primary amides is 1. The topological polar surface area (TPSA) is 66.6 Å². The number of carbonyl (C=O) groups excluding carboxylic acids is 1. The zero-order valence-electron chi connectivity index (χ0n) is 7.57. The Hall–Kier alpha value is -0.260. The minimum absolute atomic E-state index is 0.163. The van der Waals surface area contributed by atoms with E-state index in [2.05, 4.69) is 17.5 Å². The maximum Gasteiger partial charge on any atom is 0.233 e. The number of hydrogen-bond donors (Lipinski definition) is 3. The van der Waals surface area contributed by atoms with Gasteiger partial charge in [-0.15, -0.1) is 0 Å². The first-order valence-electron chi connectivity index (χ1n) is 4.44. The summed E-state index contributed by atoms with van der Waals surface area (Å²) in [7, 11) is 0. The van der Waals surface area contributed by atoms with Crippen LogP contribution < -0.4 is 5.73 Å². The first kappa shape index (κ1) is 10.8. The van der Waals surface area contributed by atoms with Crippen molar-refractivity contribution in [3.63, 3.8) is 0 Å². The van der Waals surface area contributed by atoms with E-state index in [1.165, 1.54) is 0 Å². The predicted octanol–water partition coefficient (Wildman–Crippen LogP) is -0.772. The molecule has 0 aromatic rings. The third-order valence-corrected chi connectivity index (χ3v) is 3.23. The van der Waals surface area contributed by atoms with E-state index in [4.69, 9.17) is 10.8 Å². The summed E-state index contributed by atoms with van der Waals surface area (Å²) in [5.41, 5.74) is 5.24. The zero-order chi connectivity index (χ0) is 9.90. The van der Waals surface area contributed by atoms with Gasteiger partial charge < -0.3 is 15.7 Å². The Kier molecular flexibility index (Phi) is 3.58. The van der Waals surface area contributed by atoms with E-state index < -0.39 is 4.75 Å². The van der Waals surface area contributed by atoms with Crippen LogP contribution in [0, 0.1) is 0 Å². The number of aliphatic hydroxyl groups excluding tert-OH is 1. The molecule has 13 heavy (non-hydrogen) atoms.